The van der Waals surface area contributed by atoms with Crippen molar-refractivity contribution in [3.8, 4) is 0 Å². The van der Waals surface area contributed by atoms with Crippen LogP contribution in [0.4, 0.5) is 0 Å². The molecule has 3 aliphatic heterocycles. The van der Waals surface area contributed by atoms with Crippen LogP contribution >= 0.6 is 0 Å². The quantitative estimate of drug-likeness (QED) is 0.385. The lowest BCUT2D eigenvalue weighted by molar-refractivity contribution is -0.170. The van der Waals surface area contributed by atoms with Crippen molar-refractivity contribution in [3.63, 3.8) is 0 Å². The number of carbonyl (C=O) groups excluding carboxylic acids is 1. The Kier molecular flexibility index (Phi) is 2.69. The molecule has 2 N–H and O–H groups in total. The van der Waals surface area contributed by atoms with Crippen molar-refractivity contribution in [2.45, 2.75) is 44.4 Å². The van der Waals surface area contributed by atoms with Crippen LogP contribution in [0.15, 0.2) is 48.5 Å². The van der Waals surface area contributed by atoms with E-state index in [0.717, 1.165) is 54.7 Å². The van der Waals surface area contributed by atoms with Gasteiger partial charge >= 0.3 is 0 Å². The zero-order chi connectivity index (χ0) is 21.6. The fraction of sp³-hybridized carbons (Fsp3) is 0.269. The summed E-state index contributed by atoms with van der Waals surface area (Å²) in [7, 11) is 0. The Bertz CT molecular complexity index is 1710. The van der Waals surface area contributed by atoms with E-state index in [2.05, 4.69) is 38.7 Å². The summed E-state index contributed by atoms with van der Waals surface area (Å²) >= 11 is 0. The van der Waals surface area contributed by atoms with E-state index >= 15 is 0 Å². The van der Waals surface area contributed by atoms with Gasteiger partial charge in [-0.25, -0.2) is 0 Å². The molecule has 0 unspecified atom stereocenters. The standard InChI is InChI=1S/C26H21N3O3/c1-25(31)11-18-28-16-9-5-3-7-13(16)20-21-15(12-27-24(21)30)19-14-8-4-6-10-17(14)29(23(19)22(20)28)26(25,2)32-18/h3-10,18,31H,11-12H2,1-2H3,(H,27,30)/t18-,25+,26+/m0/s1. The van der Waals surface area contributed by atoms with Gasteiger partial charge in [-0.2, -0.15) is 0 Å². The topological polar surface area (TPSA) is 68.4 Å². The highest BCUT2D eigenvalue weighted by atomic mass is 16.6. The number of hydrogen-bond donors (Lipinski definition) is 2. The molecular weight excluding hydrogens is 402 g/mol. The average molecular weight is 423 g/mol. The van der Waals surface area contributed by atoms with Crippen LogP contribution in [-0.2, 0) is 17.0 Å². The lowest BCUT2D eigenvalue weighted by Crippen LogP contribution is -2.48. The normalized spacial score (nSPS) is 28.3. The first-order valence-corrected chi connectivity index (χ1v) is 11.1. The van der Waals surface area contributed by atoms with E-state index in [1.807, 2.05) is 38.1 Å². The molecule has 158 valence electrons. The highest BCUT2D eigenvalue weighted by Gasteiger charge is 2.58. The maximum atomic E-state index is 13.2. The van der Waals surface area contributed by atoms with Crippen molar-refractivity contribution in [2.75, 3.05) is 0 Å². The zero-order valence-electron chi connectivity index (χ0n) is 17.8. The Morgan fingerprint density at radius 1 is 1.00 bits per heavy atom. The van der Waals surface area contributed by atoms with Crippen molar-refractivity contribution in [1.82, 2.24) is 14.5 Å². The van der Waals surface area contributed by atoms with Gasteiger partial charge in [-0.05, 0) is 31.5 Å². The number of nitrogens with zero attached hydrogens (tertiary/aromatic N) is 2. The van der Waals surface area contributed by atoms with Crippen molar-refractivity contribution in [3.05, 3.63) is 59.7 Å². The maximum absolute atomic E-state index is 13.2. The Morgan fingerprint density at radius 3 is 2.47 bits per heavy atom. The van der Waals surface area contributed by atoms with Crippen molar-refractivity contribution in [2.24, 2.45) is 0 Å². The number of para-hydroxylation sites is 2. The van der Waals surface area contributed by atoms with Gasteiger partial charge in [0, 0.05) is 34.5 Å². The van der Waals surface area contributed by atoms with Crippen LogP contribution in [0.25, 0.3) is 43.6 Å². The molecule has 2 bridgehead atoms. The van der Waals surface area contributed by atoms with Crippen molar-refractivity contribution >= 4 is 49.5 Å². The number of amides is 1. The Hall–Kier alpha value is -3.35. The highest BCUT2D eigenvalue weighted by molar-refractivity contribution is 6.31. The molecule has 3 atom stereocenters. The smallest absolute Gasteiger partial charge is 0.252 e. The highest BCUT2D eigenvalue weighted by Crippen LogP contribution is 2.57. The van der Waals surface area contributed by atoms with Gasteiger partial charge in [0.1, 0.15) is 11.8 Å². The molecule has 0 spiro atoms. The number of aliphatic hydroxyl groups is 1. The molecule has 32 heavy (non-hydrogen) atoms. The van der Waals surface area contributed by atoms with Crippen LogP contribution in [0.5, 0.6) is 0 Å². The summed E-state index contributed by atoms with van der Waals surface area (Å²) in [6, 6.07) is 16.5. The predicted molar refractivity (Wildman–Crippen MR) is 123 cm³/mol. The van der Waals surface area contributed by atoms with Crippen molar-refractivity contribution in [1.29, 1.82) is 0 Å². The Morgan fingerprint density at radius 2 is 1.69 bits per heavy atom. The van der Waals surface area contributed by atoms with Crippen LogP contribution in [0, 0.1) is 0 Å². The third kappa shape index (κ3) is 1.60. The van der Waals surface area contributed by atoms with Gasteiger partial charge in [0.25, 0.3) is 5.91 Å². The third-order valence-electron chi connectivity index (χ3n) is 8.17. The van der Waals surface area contributed by atoms with Crippen LogP contribution in [0.1, 0.15) is 42.4 Å². The number of rotatable bonds is 0. The molecule has 6 nitrogen and oxygen atoms in total. The molecule has 0 aliphatic carbocycles. The Labute approximate surface area is 183 Å². The second kappa shape index (κ2) is 5.00. The predicted octanol–water partition coefficient (Wildman–Crippen LogP) is 4.50. The molecule has 0 radical (unpaired) electrons. The number of fused-ring (bicyclic) bond motifs is 13. The van der Waals surface area contributed by atoms with Gasteiger partial charge in [-0.1, -0.05) is 36.4 Å². The minimum atomic E-state index is -1.07. The number of carbonyl (C=O) groups is 1. The minimum Gasteiger partial charge on any atom is -0.385 e. The van der Waals surface area contributed by atoms with E-state index in [1.165, 1.54) is 0 Å². The molecule has 5 heterocycles. The third-order valence-corrected chi connectivity index (χ3v) is 8.17. The fourth-order valence-corrected chi connectivity index (χ4v) is 6.62. The van der Waals surface area contributed by atoms with Crippen LogP contribution in [-0.4, -0.2) is 25.7 Å². The largest absolute Gasteiger partial charge is 0.385 e. The summed E-state index contributed by atoms with van der Waals surface area (Å²) in [5.41, 5.74) is 3.90. The molecule has 6 heteroatoms. The summed E-state index contributed by atoms with van der Waals surface area (Å²) in [4.78, 5) is 13.2. The number of ether oxygens (including phenoxy) is 1. The van der Waals surface area contributed by atoms with E-state index in [1.54, 1.807) is 0 Å². The SMILES string of the molecule is C[C@@]12O[C@@H](C[C@@]1(C)O)n1c3ccccc3c3c4c(c5c6ccccc6n2c5c31)CNC4=O. The average Bonchev–Trinajstić information content (AvgIpc) is 3.45. The summed E-state index contributed by atoms with van der Waals surface area (Å²) < 4.78 is 11.2. The molecule has 1 fully saturated rings. The lowest BCUT2D eigenvalue weighted by atomic mass is 9.91. The van der Waals surface area contributed by atoms with Crippen LogP contribution < -0.4 is 5.32 Å². The number of aromatic nitrogens is 2. The minimum absolute atomic E-state index is 0.0184. The first kappa shape index (κ1) is 17.2. The van der Waals surface area contributed by atoms with E-state index in [0.29, 0.717) is 13.0 Å². The number of benzene rings is 3. The summed E-state index contributed by atoms with van der Waals surface area (Å²) in [5, 5.41) is 19.0. The molecule has 3 aliphatic rings. The van der Waals surface area contributed by atoms with Gasteiger partial charge in [-0.15, -0.1) is 0 Å². The van der Waals surface area contributed by atoms with Gasteiger partial charge in [-0.3, -0.25) is 4.79 Å². The van der Waals surface area contributed by atoms with E-state index < -0.39 is 11.3 Å². The zero-order valence-corrected chi connectivity index (χ0v) is 17.8. The number of nitrogens with one attached hydrogen (secondary N) is 1. The van der Waals surface area contributed by atoms with Crippen LogP contribution in [0.2, 0.25) is 0 Å². The molecule has 1 saturated heterocycles. The van der Waals surface area contributed by atoms with E-state index in [9.17, 15) is 9.90 Å². The molecular formula is C26H21N3O3. The van der Waals surface area contributed by atoms with Gasteiger partial charge in [0.15, 0.2) is 5.72 Å². The fourth-order valence-electron chi connectivity index (χ4n) is 6.62. The Balaban J connectivity index is 1.80. The molecule has 1 amide bonds. The first-order valence-electron chi connectivity index (χ1n) is 11.1. The van der Waals surface area contributed by atoms with Gasteiger partial charge in [0.2, 0.25) is 0 Å². The summed E-state index contributed by atoms with van der Waals surface area (Å²) in [6.45, 7) is 4.38. The second-order valence-electron chi connectivity index (χ2n) is 9.76. The lowest BCUT2D eigenvalue weighted by Gasteiger charge is -2.37. The first-order chi connectivity index (χ1) is 15.4. The monoisotopic (exact) mass is 423 g/mol. The summed E-state index contributed by atoms with van der Waals surface area (Å²) in [6.07, 6.45) is 0.135. The molecule has 2 aromatic heterocycles. The molecule has 5 aromatic rings. The molecule has 3 aromatic carbocycles. The second-order valence-corrected chi connectivity index (χ2v) is 9.76. The molecule has 8 rings (SSSR count). The van der Waals surface area contributed by atoms with Crippen molar-refractivity contribution < 1.29 is 14.6 Å². The van der Waals surface area contributed by atoms with Crippen LogP contribution in [0.3, 0.4) is 0 Å². The number of hydrogen-bond acceptors (Lipinski definition) is 3. The van der Waals surface area contributed by atoms with E-state index in [4.69, 9.17) is 4.74 Å². The van der Waals surface area contributed by atoms with Gasteiger partial charge in [0.05, 0.1) is 27.6 Å². The summed E-state index contributed by atoms with van der Waals surface area (Å²) in [5.74, 6) is -0.0184. The van der Waals surface area contributed by atoms with E-state index in [-0.39, 0.29) is 12.1 Å². The molecule has 0 saturated carbocycles. The van der Waals surface area contributed by atoms with Gasteiger partial charge < -0.3 is 24.3 Å². The maximum Gasteiger partial charge on any atom is 0.252 e.